The van der Waals surface area contributed by atoms with Gasteiger partial charge >= 0.3 is 0 Å². The first-order valence-electron chi connectivity index (χ1n) is 4.24. The molecule has 1 aromatic heterocycles. The van der Waals surface area contributed by atoms with E-state index in [2.05, 4.69) is 10.2 Å². The zero-order chi connectivity index (χ0) is 9.26. The number of aromatic nitrogens is 2. The molecule has 0 saturated carbocycles. The Bertz CT molecular complexity index is 315. The molecule has 0 unspecified atom stereocenters. The first-order valence-corrected chi connectivity index (χ1v) is 4.24. The summed E-state index contributed by atoms with van der Waals surface area (Å²) >= 11 is 0. The predicted octanol–water partition coefficient (Wildman–Crippen LogP) is 0.496. The molecule has 0 radical (unpaired) electrons. The molecule has 1 aliphatic rings. The zero-order valence-corrected chi connectivity index (χ0v) is 7.41. The minimum absolute atomic E-state index is 0.108. The molecule has 1 aromatic rings. The van der Waals surface area contributed by atoms with Gasteiger partial charge in [-0.25, -0.2) is 5.06 Å². The second-order valence-electron chi connectivity index (χ2n) is 3.00. The van der Waals surface area contributed by atoms with E-state index >= 15 is 0 Å². The summed E-state index contributed by atoms with van der Waals surface area (Å²) in [5.41, 5.74) is 1.36. The summed E-state index contributed by atoms with van der Waals surface area (Å²) in [6, 6.07) is 0. The van der Waals surface area contributed by atoms with Gasteiger partial charge in [0.2, 0.25) is 0 Å². The van der Waals surface area contributed by atoms with Crippen LogP contribution in [0.1, 0.15) is 22.5 Å². The van der Waals surface area contributed by atoms with Gasteiger partial charge in [-0.1, -0.05) is 0 Å². The monoisotopic (exact) mass is 181 g/mol. The molecule has 1 amide bonds. The number of carbonyl (C=O) groups is 1. The van der Waals surface area contributed by atoms with Gasteiger partial charge in [0.1, 0.15) is 0 Å². The summed E-state index contributed by atoms with van der Waals surface area (Å²) in [5, 5.41) is 7.89. The smallest absolute Gasteiger partial charge is 0.280 e. The van der Waals surface area contributed by atoms with Crippen molar-refractivity contribution >= 4 is 5.91 Å². The van der Waals surface area contributed by atoms with Crippen molar-refractivity contribution in [2.45, 2.75) is 13.3 Å². The van der Waals surface area contributed by atoms with Gasteiger partial charge in [-0.05, 0) is 13.3 Å². The van der Waals surface area contributed by atoms with E-state index < -0.39 is 0 Å². The van der Waals surface area contributed by atoms with Crippen molar-refractivity contribution in [2.75, 3.05) is 13.2 Å². The van der Waals surface area contributed by atoms with Gasteiger partial charge in [0.25, 0.3) is 5.91 Å². The highest BCUT2D eigenvalue weighted by Gasteiger charge is 2.22. The third kappa shape index (κ3) is 1.42. The minimum Gasteiger partial charge on any atom is -0.282 e. The number of nitrogens with zero attached hydrogens (tertiary/aromatic N) is 2. The Hall–Kier alpha value is -1.36. The fourth-order valence-corrected chi connectivity index (χ4v) is 1.31. The van der Waals surface area contributed by atoms with Crippen molar-refractivity contribution in [3.8, 4) is 0 Å². The van der Waals surface area contributed by atoms with Crippen LogP contribution in [0.5, 0.6) is 0 Å². The second-order valence-corrected chi connectivity index (χ2v) is 3.00. The Balaban J connectivity index is 2.17. The van der Waals surface area contributed by atoms with Crippen molar-refractivity contribution < 1.29 is 9.63 Å². The number of hydrogen-bond donors (Lipinski definition) is 1. The Kier molecular flexibility index (Phi) is 2.02. The quantitative estimate of drug-likeness (QED) is 0.686. The standard InChI is InChI=1S/C8H11N3O2/c1-6-7(5-9-10-6)8(12)11-3-2-4-13-11/h5H,2-4H2,1H3,(H,9,10). The summed E-state index contributed by atoms with van der Waals surface area (Å²) in [5.74, 6) is -0.108. The highest BCUT2D eigenvalue weighted by molar-refractivity contribution is 5.94. The molecule has 1 fully saturated rings. The van der Waals surface area contributed by atoms with E-state index in [1.54, 1.807) is 0 Å². The molecule has 0 aliphatic carbocycles. The van der Waals surface area contributed by atoms with Crippen LogP contribution < -0.4 is 0 Å². The maximum atomic E-state index is 11.7. The number of H-pyrrole nitrogens is 1. The summed E-state index contributed by atoms with van der Waals surface area (Å²) in [4.78, 5) is 16.8. The van der Waals surface area contributed by atoms with E-state index in [1.807, 2.05) is 6.92 Å². The van der Waals surface area contributed by atoms with Gasteiger partial charge in [-0.2, -0.15) is 5.10 Å². The molecule has 70 valence electrons. The molecule has 0 atom stereocenters. The number of rotatable bonds is 1. The average molecular weight is 181 g/mol. The third-order valence-electron chi connectivity index (χ3n) is 2.04. The number of amides is 1. The number of aryl methyl sites for hydroxylation is 1. The second kappa shape index (κ2) is 3.18. The first kappa shape index (κ1) is 8.25. The maximum absolute atomic E-state index is 11.7. The molecule has 13 heavy (non-hydrogen) atoms. The molecule has 1 aliphatic heterocycles. The van der Waals surface area contributed by atoms with Crippen LogP contribution in [0.2, 0.25) is 0 Å². The summed E-state index contributed by atoms with van der Waals surface area (Å²) in [6.07, 6.45) is 2.43. The molecule has 1 saturated heterocycles. The van der Waals surface area contributed by atoms with Gasteiger partial charge in [-0.3, -0.25) is 14.7 Å². The van der Waals surface area contributed by atoms with E-state index in [9.17, 15) is 4.79 Å². The fraction of sp³-hybridized carbons (Fsp3) is 0.500. The van der Waals surface area contributed by atoms with Crippen LogP contribution in [-0.2, 0) is 4.84 Å². The number of aromatic amines is 1. The lowest BCUT2D eigenvalue weighted by Crippen LogP contribution is -2.26. The van der Waals surface area contributed by atoms with Crippen molar-refractivity contribution in [1.29, 1.82) is 0 Å². The van der Waals surface area contributed by atoms with Crippen molar-refractivity contribution in [3.63, 3.8) is 0 Å². The number of hydrogen-bond acceptors (Lipinski definition) is 3. The average Bonchev–Trinajstić information content (AvgIpc) is 2.72. The molecule has 5 nitrogen and oxygen atoms in total. The Morgan fingerprint density at radius 1 is 1.77 bits per heavy atom. The third-order valence-corrected chi connectivity index (χ3v) is 2.04. The zero-order valence-electron chi connectivity index (χ0n) is 7.41. The molecular formula is C8H11N3O2. The van der Waals surface area contributed by atoms with E-state index in [0.717, 1.165) is 12.1 Å². The van der Waals surface area contributed by atoms with Crippen molar-refractivity contribution in [1.82, 2.24) is 15.3 Å². The number of hydroxylamine groups is 2. The van der Waals surface area contributed by atoms with E-state index in [0.29, 0.717) is 18.7 Å². The molecular weight excluding hydrogens is 170 g/mol. The largest absolute Gasteiger partial charge is 0.282 e. The van der Waals surface area contributed by atoms with Gasteiger partial charge in [0, 0.05) is 5.69 Å². The number of nitrogens with one attached hydrogen (secondary N) is 1. The molecule has 5 heteroatoms. The number of carbonyl (C=O) groups excluding carboxylic acids is 1. The van der Waals surface area contributed by atoms with Crippen LogP contribution in [0.4, 0.5) is 0 Å². The normalized spacial score (nSPS) is 16.5. The summed E-state index contributed by atoms with van der Waals surface area (Å²) in [7, 11) is 0. The van der Waals surface area contributed by atoms with Crippen LogP contribution in [0, 0.1) is 6.92 Å². The van der Waals surface area contributed by atoms with Crippen LogP contribution in [0.25, 0.3) is 0 Å². The first-order chi connectivity index (χ1) is 6.29. The van der Waals surface area contributed by atoms with Gasteiger partial charge < -0.3 is 0 Å². The van der Waals surface area contributed by atoms with E-state index in [-0.39, 0.29) is 5.91 Å². The lowest BCUT2D eigenvalue weighted by Gasteiger charge is -2.12. The summed E-state index contributed by atoms with van der Waals surface area (Å²) < 4.78 is 0. The lowest BCUT2D eigenvalue weighted by atomic mass is 10.2. The lowest BCUT2D eigenvalue weighted by molar-refractivity contribution is -0.0768. The van der Waals surface area contributed by atoms with Crippen molar-refractivity contribution in [2.24, 2.45) is 0 Å². The highest BCUT2D eigenvalue weighted by Crippen LogP contribution is 2.12. The molecule has 0 bridgehead atoms. The molecule has 0 spiro atoms. The fourth-order valence-electron chi connectivity index (χ4n) is 1.31. The Morgan fingerprint density at radius 2 is 2.62 bits per heavy atom. The molecule has 1 N–H and O–H groups in total. The minimum atomic E-state index is -0.108. The van der Waals surface area contributed by atoms with Crippen molar-refractivity contribution in [3.05, 3.63) is 17.5 Å². The Labute approximate surface area is 75.6 Å². The van der Waals surface area contributed by atoms with Gasteiger partial charge in [0.15, 0.2) is 0 Å². The highest BCUT2D eigenvalue weighted by atomic mass is 16.7. The maximum Gasteiger partial charge on any atom is 0.280 e. The SMILES string of the molecule is Cc1[nH]ncc1C(=O)N1CCCO1. The molecule has 2 heterocycles. The summed E-state index contributed by atoms with van der Waals surface area (Å²) in [6.45, 7) is 3.11. The van der Waals surface area contributed by atoms with Crippen LogP contribution in [0.15, 0.2) is 6.20 Å². The van der Waals surface area contributed by atoms with E-state index in [1.165, 1.54) is 11.3 Å². The van der Waals surface area contributed by atoms with E-state index in [4.69, 9.17) is 4.84 Å². The Morgan fingerprint density at radius 3 is 3.15 bits per heavy atom. The van der Waals surface area contributed by atoms with Crippen LogP contribution in [0.3, 0.4) is 0 Å². The van der Waals surface area contributed by atoms with Gasteiger partial charge in [-0.15, -0.1) is 0 Å². The van der Waals surface area contributed by atoms with Crippen LogP contribution in [-0.4, -0.2) is 34.3 Å². The predicted molar refractivity (Wildman–Crippen MR) is 44.9 cm³/mol. The topological polar surface area (TPSA) is 58.2 Å². The van der Waals surface area contributed by atoms with Gasteiger partial charge in [0.05, 0.1) is 24.9 Å². The van der Waals surface area contributed by atoms with Crippen LogP contribution >= 0.6 is 0 Å². The molecule has 2 rings (SSSR count). The molecule has 0 aromatic carbocycles.